The van der Waals surface area contributed by atoms with Gasteiger partial charge in [0.1, 0.15) is 0 Å². The van der Waals surface area contributed by atoms with E-state index in [1.165, 1.54) is 11.8 Å². The number of hydrogen-bond acceptors (Lipinski definition) is 3. The van der Waals surface area contributed by atoms with E-state index in [1.807, 2.05) is 4.90 Å². The first-order valence-electron chi connectivity index (χ1n) is 8.15. The van der Waals surface area contributed by atoms with E-state index in [4.69, 9.17) is 23.2 Å². The molecule has 0 saturated carbocycles. The summed E-state index contributed by atoms with van der Waals surface area (Å²) < 4.78 is 0. The highest BCUT2D eigenvalue weighted by Gasteiger charge is 2.21. The third kappa shape index (κ3) is 5.10. The van der Waals surface area contributed by atoms with Crippen molar-refractivity contribution in [2.24, 2.45) is 0 Å². The third-order valence-corrected chi connectivity index (χ3v) is 4.70. The molecular formula is C17H23Cl2N3O2. The molecule has 0 aromatic heterocycles. The van der Waals surface area contributed by atoms with Crippen LogP contribution in [0, 0.1) is 0 Å². The zero-order chi connectivity index (χ0) is 17.7. The van der Waals surface area contributed by atoms with Gasteiger partial charge >= 0.3 is 0 Å². The molecule has 1 heterocycles. The number of likely N-dealkylation sites (N-methyl/N-ethyl adjacent to an activating group) is 1. The molecule has 0 unspecified atom stereocenters. The normalized spacial score (nSPS) is 15.4. The maximum atomic E-state index is 12.4. The van der Waals surface area contributed by atoms with Gasteiger partial charge in [0.05, 0.1) is 0 Å². The van der Waals surface area contributed by atoms with Crippen molar-refractivity contribution in [3.63, 3.8) is 0 Å². The summed E-state index contributed by atoms with van der Waals surface area (Å²) in [6.45, 7) is 8.22. The van der Waals surface area contributed by atoms with Crippen LogP contribution in [0.2, 0.25) is 10.0 Å². The second-order valence-electron chi connectivity index (χ2n) is 5.86. The lowest BCUT2D eigenvalue weighted by Gasteiger charge is -2.34. The Kier molecular flexibility index (Phi) is 6.90. The fraction of sp³-hybridized carbons (Fsp3) is 0.529. The lowest BCUT2D eigenvalue weighted by atomic mass is 10.2. The molecule has 132 valence electrons. The number of amides is 2. The number of rotatable bonds is 5. The monoisotopic (exact) mass is 371 g/mol. The zero-order valence-corrected chi connectivity index (χ0v) is 15.6. The van der Waals surface area contributed by atoms with E-state index in [0.29, 0.717) is 22.3 Å². The van der Waals surface area contributed by atoms with Crippen LogP contribution in [0.3, 0.4) is 0 Å². The van der Waals surface area contributed by atoms with Crippen molar-refractivity contribution in [1.29, 1.82) is 0 Å². The van der Waals surface area contributed by atoms with Crippen LogP contribution in [-0.4, -0.2) is 60.9 Å². The Hall–Kier alpha value is -1.30. The van der Waals surface area contributed by atoms with Crippen molar-refractivity contribution in [2.75, 3.05) is 44.2 Å². The summed E-state index contributed by atoms with van der Waals surface area (Å²) in [7, 11) is 0. The largest absolute Gasteiger partial charge is 0.340 e. The standard InChI is InChI=1S/C17H23Cl2N3O2/c1-3-20-6-8-21(9-7-20)17(24)4-5-22(13(2)23)16-11-14(18)10-15(19)12-16/h10-12H,3-9H2,1-2H3. The Morgan fingerprint density at radius 1 is 1.08 bits per heavy atom. The predicted octanol–water partition coefficient (Wildman–Crippen LogP) is 2.90. The van der Waals surface area contributed by atoms with E-state index in [0.717, 1.165) is 32.7 Å². The summed E-state index contributed by atoms with van der Waals surface area (Å²) in [6, 6.07) is 4.97. The molecule has 2 amide bonds. The van der Waals surface area contributed by atoms with Crippen molar-refractivity contribution >= 4 is 40.7 Å². The Bertz CT molecular complexity index is 581. The van der Waals surface area contributed by atoms with E-state index in [1.54, 1.807) is 18.2 Å². The number of halogens is 2. The molecule has 0 aliphatic carbocycles. The summed E-state index contributed by atoms with van der Waals surface area (Å²) in [5, 5.41) is 0.927. The van der Waals surface area contributed by atoms with Crippen LogP contribution in [0.1, 0.15) is 20.3 Å². The molecule has 0 spiro atoms. The Morgan fingerprint density at radius 3 is 2.17 bits per heavy atom. The number of hydrogen-bond donors (Lipinski definition) is 0. The number of piperazine rings is 1. The van der Waals surface area contributed by atoms with Crippen LogP contribution in [-0.2, 0) is 9.59 Å². The van der Waals surface area contributed by atoms with E-state index in [9.17, 15) is 9.59 Å². The van der Waals surface area contributed by atoms with Crippen LogP contribution in [0.4, 0.5) is 5.69 Å². The average molecular weight is 372 g/mol. The van der Waals surface area contributed by atoms with Crippen LogP contribution in [0.25, 0.3) is 0 Å². The van der Waals surface area contributed by atoms with Crippen LogP contribution in [0.5, 0.6) is 0 Å². The molecule has 1 saturated heterocycles. The van der Waals surface area contributed by atoms with E-state index < -0.39 is 0 Å². The molecule has 0 radical (unpaired) electrons. The summed E-state index contributed by atoms with van der Waals surface area (Å²) in [5.41, 5.74) is 0.614. The third-order valence-electron chi connectivity index (χ3n) is 4.26. The Labute approximate surface area is 153 Å². The molecular weight excluding hydrogens is 349 g/mol. The van der Waals surface area contributed by atoms with Crippen LogP contribution < -0.4 is 4.90 Å². The lowest BCUT2D eigenvalue weighted by molar-refractivity contribution is -0.132. The number of nitrogens with zero attached hydrogens (tertiary/aromatic N) is 3. The number of carbonyl (C=O) groups is 2. The lowest BCUT2D eigenvalue weighted by Crippen LogP contribution is -2.49. The number of carbonyl (C=O) groups excluding carboxylic acids is 2. The SMILES string of the molecule is CCN1CCN(C(=O)CCN(C(C)=O)c2cc(Cl)cc(Cl)c2)CC1. The van der Waals surface area contributed by atoms with Gasteiger partial charge in [-0.05, 0) is 24.7 Å². The molecule has 7 heteroatoms. The molecule has 1 aromatic rings. The Morgan fingerprint density at radius 2 is 1.67 bits per heavy atom. The molecule has 0 bridgehead atoms. The fourth-order valence-electron chi connectivity index (χ4n) is 2.84. The molecule has 1 aliphatic rings. The highest BCUT2D eigenvalue weighted by atomic mass is 35.5. The molecule has 5 nitrogen and oxygen atoms in total. The summed E-state index contributed by atoms with van der Waals surface area (Å²) in [6.07, 6.45) is 0.288. The first-order valence-corrected chi connectivity index (χ1v) is 8.90. The maximum Gasteiger partial charge on any atom is 0.224 e. The molecule has 1 aliphatic heterocycles. The highest BCUT2D eigenvalue weighted by Crippen LogP contribution is 2.26. The molecule has 0 N–H and O–H groups in total. The van der Waals surface area contributed by atoms with E-state index >= 15 is 0 Å². The van der Waals surface area contributed by atoms with Crippen molar-refractivity contribution < 1.29 is 9.59 Å². The molecule has 1 aromatic carbocycles. The molecule has 0 atom stereocenters. The minimum absolute atomic E-state index is 0.0742. The first-order chi connectivity index (χ1) is 11.4. The summed E-state index contributed by atoms with van der Waals surface area (Å²) in [4.78, 5) is 30.1. The van der Waals surface area contributed by atoms with Crippen molar-refractivity contribution in [3.8, 4) is 0 Å². The smallest absolute Gasteiger partial charge is 0.224 e. The van der Waals surface area contributed by atoms with Gasteiger partial charge in [-0.15, -0.1) is 0 Å². The molecule has 2 rings (SSSR count). The second kappa shape index (κ2) is 8.70. The second-order valence-corrected chi connectivity index (χ2v) is 6.74. The van der Waals surface area contributed by atoms with Crippen LogP contribution in [0.15, 0.2) is 18.2 Å². The van der Waals surface area contributed by atoms with Crippen molar-refractivity contribution in [2.45, 2.75) is 20.3 Å². The van der Waals surface area contributed by atoms with Gasteiger partial charge in [0, 0.05) is 61.8 Å². The van der Waals surface area contributed by atoms with Crippen molar-refractivity contribution in [3.05, 3.63) is 28.2 Å². The van der Waals surface area contributed by atoms with Gasteiger partial charge in [0.2, 0.25) is 11.8 Å². The van der Waals surface area contributed by atoms with Gasteiger partial charge in [-0.25, -0.2) is 0 Å². The first kappa shape index (κ1) is 19.0. The Balaban J connectivity index is 1.96. The molecule has 1 fully saturated rings. The minimum Gasteiger partial charge on any atom is -0.340 e. The van der Waals surface area contributed by atoms with Gasteiger partial charge in [-0.1, -0.05) is 30.1 Å². The summed E-state index contributed by atoms with van der Waals surface area (Å²) in [5.74, 6) is -0.0675. The summed E-state index contributed by atoms with van der Waals surface area (Å²) >= 11 is 12.0. The van der Waals surface area contributed by atoms with E-state index in [2.05, 4.69) is 11.8 Å². The van der Waals surface area contributed by atoms with Gasteiger partial charge in [-0.2, -0.15) is 0 Å². The predicted molar refractivity (Wildman–Crippen MR) is 97.8 cm³/mol. The van der Waals surface area contributed by atoms with Gasteiger partial charge in [-0.3, -0.25) is 9.59 Å². The average Bonchev–Trinajstić information content (AvgIpc) is 2.53. The van der Waals surface area contributed by atoms with Crippen molar-refractivity contribution in [1.82, 2.24) is 9.80 Å². The van der Waals surface area contributed by atoms with Crippen LogP contribution >= 0.6 is 23.2 Å². The van der Waals surface area contributed by atoms with Gasteiger partial charge < -0.3 is 14.7 Å². The highest BCUT2D eigenvalue weighted by molar-refractivity contribution is 6.35. The topological polar surface area (TPSA) is 43.9 Å². The van der Waals surface area contributed by atoms with E-state index in [-0.39, 0.29) is 18.2 Å². The molecule has 24 heavy (non-hydrogen) atoms. The maximum absolute atomic E-state index is 12.4. The zero-order valence-electron chi connectivity index (χ0n) is 14.1. The number of anilines is 1. The van der Waals surface area contributed by atoms with Gasteiger partial charge in [0.15, 0.2) is 0 Å². The minimum atomic E-state index is -0.142. The fourth-order valence-corrected chi connectivity index (χ4v) is 3.36. The number of benzene rings is 1. The van der Waals surface area contributed by atoms with Gasteiger partial charge in [0.25, 0.3) is 0 Å². The quantitative estimate of drug-likeness (QED) is 0.798.